The second kappa shape index (κ2) is 7.34. The van der Waals surface area contributed by atoms with Gasteiger partial charge in [0.2, 0.25) is 5.91 Å². The Morgan fingerprint density at radius 2 is 1.96 bits per heavy atom. The van der Waals surface area contributed by atoms with Crippen molar-refractivity contribution >= 4 is 11.9 Å². The molecular formula is C19H28N2O3. The van der Waals surface area contributed by atoms with E-state index in [-0.39, 0.29) is 17.8 Å². The highest BCUT2D eigenvalue weighted by molar-refractivity contribution is 5.84. The van der Waals surface area contributed by atoms with Crippen LogP contribution in [0.25, 0.3) is 0 Å². The van der Waals surface area contributed by atoms with Gasteiger partial charge in [0.15, 0.2) is 5.72 Å². The molecule has 0 spiro atoms. The summed E-state index contributed by atoms with van der Waals surface area (Å²) in [4.78, 5) is 26.7. The van der Waals surface area contributed by atoms with Gasteiger partial charge in [-0.25, -0.2) is 0 Å². The van der Waals surface area contributed by atoms with Gasteiger partial charge in [0, 0.05) is 6.54 Å². The van der Waals surface area contributed by atoms with Crippen LogP contribution in [0.15, 0.2) is 30.3 Å². The highest BCUT2D eigenvalue weighted by Crippen LogP contribution is 2.30. The van der Waals surface area contributed by atoms with E-state index >= 15 is 0 Å². The predicted molar refractivity (Wildman–Crippen MR) is 92.8 cm³/mol. The van der Waals surface area contributed by atoms with Crippen molar-refractivity contribution in [2.45, 2.75) is 52.3 Å². The largest absolute Gasteiger partial charge is 0.439 e. The molecule has 0 radical (unpaired) electrons. The second-order valence-electron chi connectivity index (χ2n) is 7.46. The lowest BCUT2D eigenvalue weighted by molar-refractivity contribution is -0.178. The van der Waals surface area contributed by atoms with Gasteiger partial charge in [-0.15, -0.1) is 0 Å². The summed E-state index contributed by atoms with van der Waals surface area (Å²) in [7, 11) is 0. The summed E-state index contributed by atoms with van der Waals surface area (Å²) in [5.41, 5.74) is 5.96. The number of nitrogens with two attached hydrogens (primary N) is 1. The molecule has 1 heterocycles. The highest BCUT2D eigenvalue weighted by atomic mass is 16.6. The Bertz CT molecular complexity index is 584. The summed E-state index contributed by atoms with van der Waals surface area (Å²) in [5, 5.41) is 0. The van der Waals surface area contributed by atoms with Crippen molar-refractivity contribution in [1.29, 1.82) is 0 Å². The molecule has 1 fully saturated rings. The van der Waals surface area contributed by atoms with Crippen molar-refractivity contribution in [3.05, 3.63) is 35.9 Å². The summed E-state index contributed by atoms with van der Waals surface area (Å²) in [6, 6.07) is 8.52. The molecule has 2 N–H and O–H groups in total. The minimum Gasteiger partial charge on any atom is -0.439 e. The first kappa shape index (κ1) is 18.5. The zero-order valence-corrected chi connectivity index (χ0v) is 15.0. The molecule has 1 saturated heterocycles. The molecule has 0 aromatic heterocycles. The molecule has 2 unspecified atom stereocenters. The number of carbonyl (C=O) groups excluding carboxylic acids is 2. The summed E-state index contributed by atoms with van der Waals surface area (Å²) < 4.78 is 5.54. The first-order valence-corrected chi connectivity index (χ1v) is 8.54. The molecular weight excluding hydrogens is 304 g/mol. The number of hydrogen-bond acceptors (Lipinski definition) is 4. The quantitative estimate of drug-likeness (QED) is 0.861. The molecule has 1 aliphatic rings. The molecule has 132 valence electrons. The monoisotopic (exact) mass is 332 g/mol. The number of hydrogen-bond donors (Lipinski definition) is 1. The van der Waals surface area contributed by atoms with Crippen molar-refractivity contribution in [3.8, 4) is 0 Å². The number of amides is 1. The molecule has 1 aromatic rings. The van der Waals surface area contributed by atoms with E-state index in [9.17, 15) is 9.59 Å². The Kier molecular flexibility index (Phi) is 5.65. The van der Waals surface area contributed by atoms with Gasteiger partial charge < -0.3 is 15.4 Å². The van der Waals surface area contributed by atoms with E-state index in [0.717, 1.165) is 12.0 Å². The normalized spacial score (nSPS) is 22.0. The fourth-order valence-electron chi connectivity index (χ4n) is 3.30. The summed E-state index contributed by atoms with van der Waals surface area (Å²) in [5.74, 6) is 0.0684. The van der Waals surface area contributed by atoms with E-state index in [1.807, 2.05) is 30.3 Å². The fourth-order valence-corrected chi connectivity index (χ4v) is 3.30. The van der Waals surface area contributed by atoms with Crippen LogP contribution >= 0.6 is 0 Å². The van der Waals surface area contributed by atoms with Gasteiger partial charge in [-0.1, -0.05) is 44.2 Å². The predicted octanol–water partition coefficient (Wildman–Crippen LogP) is 2.86. The Hall–Kier alpha value is -1.88. The molecule has 1 amide bonds. The molecule has 5 nitrogen and oxygen atoms in total. The lowest BCUT2D eigenvalue weighted by Gasteiger charge is -2.38. The van der Waals surface area contributed by atoms with E-state index in [2.05, 4.69) is 13.8 Å². The maximum Gasteiger partial charge on any atom is 0.308 e. The van der Waals surface area contributed by atoms with E-state index < -0.39 is 11.8 Å². The maximum atomic E-state index is 13.0. The molecule has 5 heteroatoms. The van der Waals surface area contributed by atoms with Gasteiger partial charge in [-0.3, -0.25) is 9.59 Å². The molecule has 1 aromatic carbocycles. The van der Waals surface area contributed by atoms with Crippen LogP contribution in [0, 0.1) is 11.8 Å². The number of benzene rings is 1. The maximum absolute atomic E-state index is 13.0. The number of esters is 1. The smallest absolute Gasteiger partial charge is 0.308 e. The van der Waals surface area contributed by atoms with E-state index in [1.54, 1.807) is 18.7 Å². The van der Waals surface area contributed by atoms with Crippen LogP contribution in [-0.4, -0.2) is 29.0 Å². The fraction of sp³-hybridized carbons (Fsp3) is 0.579. The Balaban J connectivity index is 2.26. The average molecular weight is 332 g/mol. The van der Waals surface area contributed by atoms with Gasteiger partial charge in [-0.05, 0) is 37.7 Å². The Morgan fingerprint density at radius 1 is 1.33 bits per heavy atom. The van der Waals surface area contributed by atoms with E-state index in [4.69, 9.17) is 10.5 Å². The van der Waals surface area contributed by atoms with Gasteiger partial charge in [-0.2, -0.15) is 0 Å². The molecule has 1 aliphatic heterocycles. The summed E-state index contributed by atoms with van der Waals surface area (Å²) in [6.45, 7) is 8.21. The molecule has 2 rings (SSSR count). The van der Waals surface area contributed by atoms with Crippen LogP contribution in [-0.2, 0) is 14.3 Å². The second-order valence-corrected chi connectivity index (χ2v) is 7.46. The average Bonchev–Trinajstić information content (AvgIpc) is 2.60. The number of nitrogens with zero attached hydrogens (tertiary/aromatic N) is 1. The van der Waals surface area contributed by atoms with Crippen molar-refractivity contribution in [1.82, 2.24) is 4.90 Å². The zero-order chi connectivity index (χ0) is 17.9. The van der Waals surface area contributed by atoms with Crippen molar-refractivity contribution in [2.24, 2.45) is 17.6 Å². The lowest BCUT2D eigenvalue weighted by atomic mass is 9.93. The third-order valence-electron chi connectivity index (χ3n) is 4.41. The first-order valence-electron chi connectivity index (χ1n) is 8.54. The topological polar surface area (TPSA) is 72.6 Å². The van der Waals surface area contributed by atoms with E-state index in [1.165, 1.54) is 0 Å². The molecule has 24 heavy (non-hydrogen) atoms. The van der Waals surface area contributed by atoms with Gasteiger partial charge in [0.05, 0.1) is 6.42 Å². The molecule has 0 aliphatic carbocycles. The van der Waals surface area contributed by atoms with E-state index in [0.29, 0.717) is 18.9 Å². The number of carbonyl (C=O) groups is 2. The number of rotatable bonds is 4. The third kappa shape index (κ3) is 4.35. The third-order valence-corrected chi connectivity index (χ3v) is 4.41. The Morgan fingerprint density at radius 3 is 2.54 bits per heavy atom. The van der Waals surface area contributed by atoms with Crippen molar-refractivity contribution in [2.75, 3.05) is 6.54 Å². The van der Waals surface area contributed by atoms with Crippen LogP contribution in [0.3, 0.4) is 0 Å². The van der Waals surface area contributed by atoms with Crippen LogP contribution in [0.4, 0.5) is 0 Å². The number of cyclic esters (lactones) is 1. The standard InChI is InChI=1S/C19H28N2O3/c1-13(2)10-14-11-16(22)24-19(3,4)21(12-14)18(23)17(20)15-8-6-5-7-9-15/h5-9,13-14,17H,10-12,20H2,1-4H3. The van der Waals surface area contributed by atoms with Crippen molar-refractivity contribution in [3.63, 3.8) is 0 Å². The van der Waals surface area contributed by atoms with Crippen LogP contribution < -0.4 is 5.73 Å². The first-order chi connectivity index (χ1) is 11.2. The van der Waals surface area contributed by atoms with Gasteiger partial charge in [0.1, 0.15) is 6.04 Å². The molecule has 0 saturated carbocycles. The lowest BCUT2D eigenvalue weighted by Crippen LogP contribution is -2.53. The van der Waals surface area contributed by atoms with Crippen LogP contribution in [0.5, 0.6) is 0 Å². The van der Waals surface area contributed by atoms with Crippen molar-refractivity contribution < 1.29 is 14.3 Å². The zero-order valence-electron chi connectivity index (χ0n) is 15.0. The van der Waals surface area contributed by atoms with Gasteiger partial charge in [0.25, 0.3) is 0 Å². The van der Waals surface area contributed by atoms with Crippen LogP contribution in [0.2, 0.25) is 0 Å². The minimum atomic E-state index is -0.994. The summed E-state index contributed by atoms with van der Waals surface area (Å²) in [6.07, 6.45) is 1.21. The minimum absolute atomic E-state index is 0.0891. The summed E-state index contributed by atoms with van der Waals surface area (Å²) >= 11 is 0. The molecule has 2 atom stereocenters. The van der Waals surface area contributed by atoms with Crippen LogP contribution in [0.1, 0.15) is 52.1 Å². The Labute approximate surface area is 144 Å². The highest BCUT2D eigenvalue weighted by Gasteiger charge is 2.41. The molecule has 0 bridgehead atoms. The van der Waals surface area contributed by atoms with Gasteiger partial charge >= 0.3 is 5.97 Å². The number of ether oxygens (including phenoxy) is 1. The SMILES string of the molecule is CC(C)CC1CC(=O)OC(C)(C)N(C(=O)C(N)c2ccccc2)C1.